The van der Waals surface area contributed by atoms with E-state index in [-0.39, 0.29) is 11.8 Å². The number of para-hydroxylation sites is 1. The highest BCUT2D eigenvalue weighted by Gasteiger charge is 2.38. The predicted octanol–water partition coefficient (Wildman–Crippen LogP) is 4.69. The van der Waals surface area contributed by atoms with Gasteiger partial charge in [0.05, 0.1) is 5.92 Å². The number of benzene rings is 2. The monoisotopic (exact) mass is 515 g/mol. The third kappa shape index (κ3) is 8.78. The van der Waals surface area contributed by atoms with Crippen LogP contribution in [-0.2, 0) is 16.1 Å². The fourth-order valence-corrected chi connectivity index (χ4v) is 3.67. The summed E-state index contributed by atoms with van der Waals surface area (Å²) < 4.78 is 31.7. The number of aryl methyl sites for hydroxylation is 1. The van der Waals surface area contributed by atoms with E-state index in [2.05, 4.69) is 56.7 Å². The number of alkyl halides is 3. The number of hydrogen-bond donors (Lipinski definition) is 3. The lowest BCUT2D eigenvalue weighted by Crippen LogP contribution is -2.43. The van der Waals surface area contributed by atoms with Crippen molar-refractivity contribution in [1.29, 1.82) is 0 Å². The zero-order valence-electron chi connectivity index (χ0n) is 20.2. The number of hydrogen-bond acceptors (Lipinski definition) is 6. The molecule has 4 rings (SSSR count). The summed E-state index contributed by atoms with van der Waals surface area (Å²) >= 11 is 0. The summed E-state index contributed by atoms with van der Waals surface area (Å²) in [7, 11) is 0. The number of nitrogens with zero attached hydrogens (tertiary/aromatic N) is 3. The van der Waals surface area contributed by atoms with Gasteiger partial charge in [0.15, 0.2) is 0 Å². The Hall–Kier alpha value is -4.15. The maximum Gasteiger partial charge on any atom is 0.490 e. The molecule has 0 bridgehead atoms. The van der Waals surface area contributed by atoms with Crippen LogP contribution >= 0.6 is 0 Å². The van der Waals surface area contributed by atoms with Crippen molar-refractivity contribution in [3.63, 3.8) is 0 Å². The van der Waals surface area contributed by atoms with Gasteiger partial charge in [-0.15, -0.1) is 0 Å². The molecule has 0 aliphatic carbocycles. The Labute approximate surface area is 212 Å². The van der Waals surface area contributed by atoms with Gasteiger partial charge in [0.1, 0.15) is 5.82 Å². The summed E-state index contributed by atoms with van der Waals surface area (Å²) in [5.74, 6) is -1.28. The number of carboxylic acids is 1. The summed E-state index contributed by atoms with van der Waals surface area (Å²) in [6.07, 6.45) is -1.46. The summed E-state index contributed by atoms with van der Waals surface area (Å²) in [5, 5.41) is 13.5. The minimum atomic E-state index is -5.08. The first-order valence-electron chi connectivity index (χ1n) is 11.7. The van der Waals surface area contributed by atoms with Gasteiger partial charge in [0.2, 0.25) is 11.9 Å². The lowest BCUT2D eigenvalue weighted by atomic mass is 9.97. The summed E-state index contributed by atoms with van der Waals surface area (Å²) in [5.41, 5.74) is 3.29. The van der Waals surface area contributed by atoms with Gasteiger partial charge in [-0.25, -0.2) is 9.78 Å². The van der Waals surface area contributed by atoms with Gasteiger partial charge in [-0.2, -0.15) is 18.2 Å². The number of aliphatic carboxylic acids is 1. The molecule has 0 radical (unpaired) electrons. The molecule has 0 saturated carbocycles. The molecule has 3 N–H and O–H groups in total. The van der Waals surface area contributed by atoms with Crippen LogP contribution < -0.4 is 15.5 Å². The van der Waals surface area contributed by atoms with Crippen molar-refractivity contribution in [1.82, 2.24) is 15.3 Å². The second-order valence-corrected chi connectivity index (χ2v) is 8.52. The van der Waals surface area contributed by atoms with E-state index in [1.165, 1.54) is 5.56 Å². The summed E-state index contributed by atoms with van der Waals surface area (Å²) in [4.78, 5) is 32.8. The molecule has 0 unspecified atom stereocenters. The number of anilines is 3. The second-order valence-electron chi connectivity index (χ2n) is 8.52. The molecule has 196 valence electrons. The van der Waals surface area contributed by atoms with Crippen LogP contribution in [0.3, 0.4) is 0 Å². The molecule has 11 heteroatoms. The Morgan fingerprint density at radius 3 is 2.41 bits per heavy atom. The minimum absolute atomic E-state index is 0.0373. The first-order chi connectivity index (χ1) is 17.6. The Morgan fingerprint density at radius 2 is 1.76 bits per heavy atom. The van der Waals surface area contributed by atoms with Crippen LogP contribution in [-0.4, -0.2) is 46.2 Å². The van der Waals surface area contributed by atoms with E-state index in [9.17, 15) is 18.0 Å². The smallest absolute Gasteiger partial charge is 0.475 e. The molecule has 37 heavy (non-hydrogen) atoms. The van der Waals surface area contributed by atoms with Gasteiger partial charge >= 0.3 is 12.1 Å². The highest BCUT2D eigenvalue weighted by Crippen LogP contribution is 2.23. The van der Waals surface area contributed by atoms with E-state index in [4.69, 9.17) is 9.90 Å². The first-order valence-corrected chi connectivity index (χ1v) is 11.7. The summed E-state index contributed by atoms with van der Waals surface area (Å²) in [6, 6.07) is 20.0. The number of carboxylic acid groups (broad SMARTS) is 1. The van der Waals surface area contributed by atoms with Gasteiger partial charge < -0.3 is 20.6 Å². The van der Waals surface area contributed by atoms with Crippen LogP contribution in [0.4, 0.5) is 30.6 Å². The van der Waals surface area contributed by atoms with Gasteiger partial charge in [0.25, 0.3) is 0 Å². The fourth-order valence-electron chi connectivity index (χ4n) is 3.67. The SMILES string of the molecule is Cc1ccc(CNC(=O)[C@H]2CCCN(c3ccnc(Nc4ccccc4)n3)C2)cc1.O=C(O)C(F)(F)F. The third-order valence-electron chi connectivity index (χ3n) is 5.62. The molecule has 2 aromatic carbocycles. The Kier molecular flexibility index (Phi) is 9.42. The number of carbonyl (C=O) groups excluding carboxylic acids is 1. The van der Waals surface area contributed by atoms with Crippen molar-refractivity contribution >= 4 is 29.3 Å². The van der Waals surface area contributed by atoms with E-state index in [0.717, 1.165) is 36.5 Å². The lowest BCUT2D eigenvalue weighted by molar-refractivity contribution is -0.192. The molecule has 1 atom stereocenters. The molecule has 1 fully saturated rings. The van der Waals surface area contributed by atoms with Crippen LogP contribution in [0.15, 0.2) is 66.9 Å². The number of piperidine rings is 1. The molecule has 1 aliphatic heterocycles. The average molecular weight is 516 g/mol. The number of amides is 1. The van der Waals surface area contributed by atoms with E-state index in [0.29, 0.717) is 19.0 Å². The van der Waals surface area contributed by atoms with Crippen molar-refractivity contribution in [3.05, 3.63) is 78.0 Å². The molecule has 8 nitrogen and oxygen atoms in total. The van der Waals surface area contributed by atoms with E-state index in [1.807, 2.05) is 36.4 Å². The summed E-state index contributed by atoms with van der Waals surface area (Å²) in [6.45, 7) is 4.19. The Morgan fingerprint density at radius 1 is 1.08 bits per heavy atom. The zero-order valence-corrected chi connectivity index (χ0v) is 20.2. The number of aromatic nitrogens is 2. The molecule has 2 heterocycles. The molecule has 0 spiro atoms. The van der Waals surface area contributed by atoms with E-state index in [1.54, 1.807) is 6.20 Å². The fraction of sp³-hybridized carbons (Fsp3) is 0.308. The maximum atomic E-state index is 12.7. The quantitative estimate of drug-likeness (QED) is 0.437. The van der Waals surface area contributed by atoms with Crippen molar-refractivity contribution in [2.75, 3.05) is 23.3 Å². The average Bonchev–Trinajstić information content (AvgIpc) is 2.89. The minimum Gasteiger partial charge on any atom is -0.475 e. The Bertz CT molecular complexity index is 1170. The molecule has 1 amide bonds. The van der Waals surface area contributed by atoms with Gasteiger partial charge in [-0.1, -0.05) is 48.0 Å². The lowest BCUT2D eigenvalue weighted by Gasteiger charge is -2.33. The van der Waals surface area contributed by atoms with Crippen molar-refractivity contribution in [3.8, 4) is 0 Å². The number of nitrogens with one attached hydrogen (secondary N) is 2. The largest absolute Gasteiger partial charge is 0.490 e. The van der Waals surface area contributed by atoms with Crippen LogP contribution in [0.5, 0.6) is 0 Å². The molecule has 3 aromatic rings. The van der Waals surface area contributed by atoms with E-state index >= 15 is 0 Å². The first kappa shape index (κ1) is 27.4. The van der Waals surface area contributed by atoms with Gasteiger partial charge in [0, 0.05) is 31.5 Å². The van der Waals surface area contributed by atoms with Crippen molar-refractivity contribution in [2.45, 2.75) is 32.5 Å². The highest BCUT2D eigenvalue weighted by molar-refractivity contribution is 5.79. The normalized spacial score (nSPS) is 15.2. The van der Waals surface area contributed by atoms with Crippen LogP contribution in [0.25, 0.3) is 0 Å². The predicted molar refractivity (Wildman–Crippen MR) is 133 cm³/mol. The van der Waals surface area contributed by atoms with Crippen molar-refractivity contribution in [2.24, 2.45) is 5.92 Å². The standard InChI is InChI=1S/C24H27N5O.C2HF3O2/c1-18-9-11-19(12-10-18)16-26-23(30)20-6-5-15-29(17-20)22-13-14-25-24(28-22)27-21-7-3-2-4-8-21;3-2(4,5)1(6)7/h2-4,7-14,20H,5-6,15-17H2,1H3,(H,26,30)(H,25,27,28);(H,6,7)/t20-;/m0./s1. The van der Waals surface area contributed by atoms with Gasteiger partial charge in [-0.05, 0) is 43.5 Å². The number of halogens is 3. The maximum absolute atomic E-state index is 12.7. The number of rotatable bonds is 6. The Balaban J connectivity index is 0.000000479. The van der Waals surface area contributed by atoms with Crippen molar-refractivity contribution < 1.29 is 27.9 Å². The molecular formula is C26H28F3N5O3. The topological polar surface area (TPSA) is 107 Å². The highest BCUT2D eigenvalue weighted by atomic mass is 19.4. The van der Waals surface area contributed by atoms with E-state index < -0.39 is 12.1 Å². The molecule has 1 aliphatic rings. The van der Waals surface area contributed by atoms with Crippen LogP contribution in [0.1, 0.15) is 24.0 Å². The molecule has 1 saturated heterocycles. The zero-order chi connectivity index (χ0) is 26.8. The molecular weight excluding hydrogens is 487 g/mol. The second kappa shape index (κ2) is 12.7. The van der Waals surface area contributed by atoms with Gasteiger partial charge in [-0.3, -0.25) is 4.79 Å². The van der Waals surface area contributed by atoms with Crippen LogP contribution in [0.2, 0.25) is 0 Å². The molecule has 1 aromatic heterocycles. The third-order valence-corrected chi connectivity index (χ3v) is 5.62. The van der Waals surface area contributed by atoms with Crippen LogP contribution in [0, 0.1) is 12.8 Å². The number of carbonyl (C=O) groups is 2.